The highest BCUT2D eigenvalue weighted by Crippen LogP contribution is 2.40. The van der Waals surface area contributed by atoms with Gasteiger partial charge in [0, 0.05) is 35.6 Å². The van der Waals surface area contributed by atoms with Gasteiger partial charge in [0.1, 0.15) is 11.4 Å². The first-order chi connectivity index (χ1) is 13.6. The van der Waals surface area contributed by atoms with E-state index in [1.165, 1.54) is 0 Å². The number of aryl methyl sites for hydroxylation is 2. The van der Waals surface area contributed by atoms with E-state index in [4.69, 9.17) is 9.51 Å². The number of nitrogens with zero attached hydrogens (tertiary/aromatic N) is 3. The Morgan fingerprint density at radius 1 is 1.18 bits per heavy atom. The van der Waals surface area contributed by atoms with Crippen LogP contribution in [0, 0.1) is 13.8 Å². The van der Waals surface area contributed by atoms with Crippen molar-refractivity contribution in [1.82, 2.24) is 14.5 Å². The zero-order valence-electron chi connectivity index (χ0n) is 15.8. The van der Waals surface area contributed by atoms with Gasteiger partial charge in [0.05, 0.1) is 5.69 Å². The number of carbonyl (C=O) groups excluding carboxylic acids is 1. The molecule has 28 heavy (non-hydrogen) atoms. The van der Waals surface area contributed by atoms with Gasteiger partial charge in [-0.1, -0.05) is 23.4 Å². The molecule has 0 aliphatic heterocycles. The van der Waals surface area contributed by atoms with Crippen molar-refractivity contribution < 1.29 is 9.32 Å². The number of nitrogens with one attached hydrogen (secondary N) is 1. The number of carbonyl (C=O) groups is 1. The summed E-state index contributed by atoms with van der Waals surface area (Å²) < 4.78 is 7.30. The van der Waals surface area contributed by atoms with Crippen LogP contribution in [-0.2, 0) is 0 Å². The van der Waals surface area contributed by atoms with Crippen LogP contribution in [0.25, 0.3) is 16.9 Å². The summed E-state index contributed by atoms with van der Waals surface area (Å²) in [7, 11) is 0. The molecular formula is C22H20N4O2. The molecule has 0 atom stereocenters. The van der Waals surface area contributed by atoms with Gasteiger partial charge in [-0.2, -0.15) is 0 Å². The number of rotatable bonds is 4. The van der Waals surface area contributed by atoms with E-state index in [9.17, 15) is 4.79 Å². The van der Waals surface area contributed by atoms with Crippen LogP contribution in [-0.4, -0.2) is 20.4 Å². The highest BCUT2D eigenvalue weighted by molar-refractivity contribution is 6.03. The number of hydrogen-bond donors (Lipinski definition) is 1. The van der Waals surface area contributed by atoms with Crippen molar-refractivity contribution in [2.75, 3.05) is 5.32 Å². The second-order valence-corrected chi connectivity index (χ2v) is 7.42. The van der Waals surface area contributed by atoms with Gasteiger partial charge in [0.2, 0.25) is 0 Å². The van der Waals surface area contributed by atoms with Crippen LogP contribution in [0.1, 0.15) is 46.1 Å². The van der Waals surface area contributed by atoms with Crippen molar-refractivity contribution in [1.29, 1.82) is 0 Å². The van der Waals surface area contributed by atoms with Gasteiger partial charge >= 0.3 is 0 Å². The summed E-state index contributed by atoms with van der Waals surface area (Å²) in [6.07, 6.45) is 6.20. The molecule has 5 rings (SSSR count). The third kappa shape index (κ3) is 2.97. The minimum atomic E-state index is -0.262. The molecule has 0 unspecified atom stereocenters. The molecule has 140 valence electrons. The third-order valence-corrected chi connectivity index (χ3v) is 5.20. The van der Waals surface area contributed by atoms with E-state index < -0.39 is 0 Å². The largest absolute Gasteiger partial charge is 0.360 e. The van der Waals surface area contributed by atoms with E-state index in [0.29, 0.717) is 11.6 Å². The summed E-state index contributed by atoms with van der Waals surface area (Å²) in [5.74, 6) is 0.968. The molecule has 1 amide bonds. The van der Waals surface area contributed by atoms with Crippen LogP contribution in [0.15, 0.2) is 53.3 Å². The minimum Gasteiger partial charge on any atom is -0.360 e. The van der Waals surface area contributed by atoms with E-state index in [0.717, 1.165) is 52.3 Å². The predicted octanol–water partition coefficient (Wildman–Crippen LogP) is 4.74. The van der Waals surface area contributed by atoms with Gasteiger partial charge in [-0.3, -0.25) is 4.79 Å². The molecule has 3 heterocycles. The smallest absolute Gasteiger partial charge is 0.277 e. The number of fused-ring (bicyclic) bond motifs is 1. The number of hydrogen-bond acceptors (Lipinski definition) is 4. The second-order valence-electron chi connectivity index (χ2n) is 7.42. The molecule has 0 spiro atoms. The molecule has 3 aromatic heterocycles. The summed E-state index contributed by atoms with van der Waals surface area (Å²) in [5, 5.41) is 6.88. The van der Waals surface area contributed by atoms with Crippen LogP contribution in [0.4, 0.5) is 5.69 Å². The maximum atomic E-state index is 12.6. The first kappa shape index (κ1) is 16.7. The van der Waals surface area contributed by atoms with E-state index in [2.05, 4.69) is 10.5 Å². The lowest BCUT2D eigenvalue weighted by Gasteiger charge is -2.08. The normalized spacial score (nSPS) is 13.8. The molecule has 0 bridgehead atoms. The van der Waals surface area contributed by atoms with Crippen molar-refractivity contribution in [3.05, 3.63) is 71.4 Å². The standard InChI is InChI=1S/C22H20N4O2/c1-13-5-6-16(19-12-26-9-3-4-14(2)21(26)23-19)10-17(13)24-22(27)18-11-20(28-25-18)15-7-8-15/h3-6,9-12,15H,7-8H2,1-2H3,(H,24,27). The summed E-state index contributed by atoms with van der Waals surface area (Å²) >= 11 is 0. The van der Waals surface area contributed by atoms with Crippen LogP contribution in [0.3, 0.4) is 0 Å². The van der Waals surface area contributed by atoms with Crippen LogP contribution >= 0.6 is 0 Å². The van der Waals surface area contributed by atoms with E-state index in [-0.39, 0.29) is 5.91 Å². The zero-order valence-corrected chi connectivity index (χ0v) is 15.8. The summed E-state index contributed by atoms with van der Waals surface area (Å²) in [5.41, 5.74) is 5.89. The molecule has 1 aliphatic rings. The quantitative estimate of drug-likeness (QED) is 0.562. The lowest BCUT2D eigenvalue weighted by atomic mass is 10.1. The number of anilines is 1. The van der Waals surface area contributed by atoms with Crippen LogP contribution in [0.5, 0.6) is 0 Å². The highest BCUT2D eigenvalue weighted by atomic mass is 16.5. The molecule has 6 heteroatoms. The molecule has 1 N–H and O–H groups in total. The Morgan fingerprint density at radius 2 is 2.04 bits per heavy atom. The fourth-order valence-corrected chi connectivity index (χ4v) is 3.35. The minimum absolute atomic E-state index is 0.262. The number of pyridine rings is 1. The molecule has 1 saturated carbocycles. The number of aromatic nitrogens is 3. The fraction of sp³-hybridized carbons (Fsp3) is 0.227. The lowest BCUT2D eigenvalue weighted by Crippen LogP contribution is -2.13. The number of amides is 1. The van der Waals surface area contributed by atoms with Gasteiger partial charge in [-0.25, -0.2) is 4.98 Å². The second kappa shape index (κ2) is 6.34. The predicted molar refractivity (Wildman–Crippen MR) is 107 cm³/mol. The Labute approximate surface area is 162 Å². The van der Waals surface area contributed by atoms with Crippen molar-refractivity contribution in [3.63, 3.8) is 0 Å². The highest BCUT2D eigenvalue weighted by Gasteiger charge is 2.29. The molecule has 1 fully saturated rings. The van der Waals surface area contributed by atoms with Crippen molar-refractivity contribution >= 4 is 17.2 Å². The Morgan fingerprint density at radius 3 is 2.82 bits per heavy atom. The Kier molecular flexibility index (Phi) is 3.79. The average Bonchev–Trinajstić information content (AvgIpc) is 3.24. The average molecular weight is 372 g/mol. The van der Waals surface area contributed by atoms with Crippen molar-refractivity contribution in [2.24, 2.45) is 0 Å². The van der Waals surface area contributed by atoms with Gasteiger partial charge < -0.3 is 14.2 Å². The van der Waals surface area contributed by atoms with Crippen LogP contribution in [0.2, 0.25) is 0 Å². The molecule has 6 nitrogen and oxygen atoms in total. The topological polar surface area (TPSA) is 72.4 Å². The zero-order chi connectivity index (χ0) is 19.3. The monoisotopic (exact) mass is 372 g/mol. The number of benzene rings is 1. The van der Waals surface area contributed by atoms with Gasteiger partial charge in [-0.05, 0) is 49.9 Å². The Bertz CT molecular complexity index is 1200. The SMILES string of the molecule is Cc1ccc(-c2cn3cccc(C)c3n2)cc1NC(=O)c1cc(C2CC2)on1. The first-order valence-electron chi connectivity index (χ1n) is 9.42. The Hall–Kier alpha value is -3.41. The maximum absolute atomic E-state index is 12.6. The third-order valence-electron chi connectivity index (χ3n) is 5.20. The van der Waals surface area contributed by atoms with E-state index in [1.807, 2.05) is 61.0 Å². The van der Waals surface area contributed by atoms with Crippen molar-refractivity contribution in [2.45, 2.75) is 32.6 Å². The molecule has 0 radical (unpaired) electrons. The fourth-order valence-electron chi connectivity index (χ4n) is 3.35. The van der Waals surface area contributed by atoms with Gasteiger partial charge in [-0.15, -0.1) is 0 Å². The molecule has 0 saturated heterocycles. The summed E-state index contributed by atoms with van der Waals surface area (Å²) in [6, 6.07) is 11.7. The van der Waals surface area contributed by atoms with Gasteiger partial charge in [0.25, 0.3) is 5.91 Å². The Balaban J connectivity index is 1.44. The molecule has 1 aliphatic carbocycles. The molecule has 4 aromatic rings. The van der Waals surface area contributed by atoms with Gasteiger partial charge in [0.15, 0.2) is 5.69 Å². The summed E-state index contributed by atoms with van der Waals surface area (Å²) in [4.78, 5) is 17.3. The van der Waals surface area contributed by atoms with E-state index >= 15 is 0 Å². The summed E-state index contributed by atoms with van der Waals surface area (Å²) in [6.45, 7) is 4.01. The molecular weight excluding hydrogens is 352 g/mol. The number of imidazole rings is 1. The first-order valence-corrected chi connectivity index (χ1v) is 9.42. The lowest BCUT2D eigenvalue weighted by molar-refractivity contribution is 0.101. The van der Waals surface area contributed by atoms with Crippen LogP contribution < -0.4 is 5.32 Å². The molecule has 1 aromatic carbocycles. The maximum Gasteiger partial charge on any atom is 0.277 e. The van der Waals surface area contributed by atoms with Crippen molar-refractivity contribution in [3.8, 4) is 11.3 Å². The van der Waals surface area contributed by atoms with E-state index in [1.54, 1.807) is 6.07 Å².